The van der Waals surface area contributed by atoms with E-state index < -0.39 is 10.0 Å². The standard InChI is InChI=1S/C17H28N2O2S/c1-17(2,3)15-7-9-16(10-8-15)22(20,21)18-11-6-14-19-12-4-5-13-19/h7-10,18H,4-6,11-14H2,1-3H3/p+1. The van der Waals surface area contributed by atoms with Gasteiger partial charge in [-0.1, -0.05) is 32.9 Å². The van der Waals surface area contributed by atoms with Crippen LogP contribution in [-0.4, -0.2) is 34.6 Å². The van der Waals surface area contributed by atoms with E-state index in [2.05, 4.69) is 25.5 Å². The van der Waals surface area contributed by atoms with Crippen LogP contribution in [0.1, 0.15) is 45.6 Å². The highest BCUT2D eigenvalue weighted by molar-refractivity contribution is 7.89. The molecule has 0 atom stereocenters. The number of quaternary nitrogens is 1. The summed E-state index contributed by atoms with van der Waals surface area (Å²) in [5, 5.41) is 0. The lowest BCUT2D eigenvalue weighted by Gasteiger charge is -2.19. The number of likely N-dealkylation sites (tertiary alicyclic amines) is 1. The summed E-state index contributed by atoms with van der Waals surface area (Å²) in [5.74, 6) is 0. The molecule has 0 bridgehead atoms. The fourth-order valence-electron chi connectivity index (χ4n) is 2.89. The van der Waals surface area contributed by atoms with Gasteiger partial charge in [0.15, 0.2) is 0 Å². The van der Waals surface area contributed by atoms with Gasteiger partial charge < -0.3 is 4.90 Å². The Labute approximate surface area is 135 Å². The van der Waals surface area contributed by atoms with Crippen molar-refractivity contribution in [1.82, 2.24) is 4.72 Å². The molecule has 124 valence electrons. The summed E-state index contributed by atoms with van der Waals surface area (Å²) in [7, 11) is -3.38. The summed E-state index contributed by atoms with van der Waals surface area (Å²) in [5.41, 5.74) is 1.18. The van der Waals surface area contributed by atoms with Gasteiger partial charge in [0.25, 0.3) is 0 Å². The summed E-state index contributed by atoms with van der Waals surface area (Å²) in [4.78, 5) is 1.96. The fraction of sp³-hybridized carbons (Fsp3) is 0.647. The molecule has 1 aliphatic heterocycles. The van der Waals surface area contributed by atoms with Crippen molar-refractivity contribution in [1.29, 1.82) is 0 Å². The molecule has 0 saturated carbocycles. The minimum absolute atomic E-state index is 0.0359. The zero-order chi connectivity index (χ0) is 16.2. The molecular weight excluding hydrogens is 296 g/mol. The zero-order valence-corrected chi connectivity index (χ0v) is 14.8. The average molecular weight is 325 g/mol. The van der Waals surface area contributed by atoms with Gasteiger partial charge >= 0.3 is 0 Å². The monoisotopic (exact) mass is 325 g/mol. The fourth-order valence-corrected chi connectivity index (χ4v) is 3.96. The molecule has 1 aromatic carbocycles. The Kier molecular flexibility index (Phi) is 5.64. The van der Waals surface area contributed by atoms with Crippen LogP contribution in [0.4, 0.5) is 0 Å². The predicted molar refractivity (Wildman–Crippen MR) is 89.7 cm³/mol. The topological polar surface area (TPSA) is 50.6 Å². The van der Waals surface area contributed by atoms with E-state index in [0.717, 1.165) is 18.5 Å². The summed E-state index contributed by atoms with van der Waals surface area (Å²) < 4.78 is 27.3. The number of hydrogen-bond donors (Lipinski definition) is 2. The van der Waals surface area contributed by atoms with Crippen molar-refractivity contribution in [2.24, 2.45) is 0 Å². The first kappa shape index (κ1) is 17.4. The van der Waals surface area contributed by atoms with Gasteiger partial charge in [0.2, 0.25) is 10.0 Å². The molecule has 1 aliphatic rings. The SMILES string of the molecule is CC(C)(C)c1ccc(S(=O)(=O)NCCC[NH+]2CCCC2)cc1. The normalized spacial score (nSPS) is 17.0. The second-order valence-electron chi connectivity index (χ2n) is 7.23. The Morgan fingerprint density at radius 3 is 2.23 bits per heavy atom. The molecule has 1 saturated heterocycles. The molecule has 0 spiro atoms. The molecule has 2 N–H and O–H groups in total. The van der Waals surface area contributed by atoms with E-state index in [1.165, 1.54) is 25.9 Å². The molecule has 1 aromatic rings. The van der Waals surface area contributed by atoms with Crippen LogP contribution in [0.5, 0.6) is 0 Å². The quantitative estimate of drug-likeness (QED) is 0.775. The second-order valence-corrected chi connectivity index (χ2v) is 9.00. The van der Waals surface area contributed by atoms with Crippen molar-refractivity contribution in [3.05, 3.63) is 29.8 Å². The molecule has 1 fully saturated rings. The Bertz CT molecular complexity index is 568. The molecule has 4 nitrogen and oxygen atoms in total. The van der Waals surface area contributed by atoms with Gasteiger partial charge in [0.1, 0.15) is 0 Å². The van der Waals surface area contributed by atoms with E-state index in [9.17, 15) is 8.42 Å². The van der Waals surface area contributed by atoms with Crippen molar-refractivity contribution < 1.29 is 13.3 Å². The minimum atomic E-state index is -3.38. The predicted octanol–water partition coefficient (Wildman–Crippen LogP) is 1.33. The highest BCUT2D eigenvalue weighted by Crippen LogP contribution is 2.23. The smallest absolute Gasteiger partial charge is 0.240 e. The Balaban J connectivity index is 1.86. The maximum absolute atomic E-state index is 12.3. The van der Waals surface area contributed by atoms with Crippen molar-refractivity contribution >= 4 is 10.0 Å². The molecule has 2 rings (SSSR count). The minimum Gasteiger partial charge on any atom is -0.335 e. The van der Waals surface area contributed by atoms with E-state index in [1.807, 2.05) is 12.1 Å². The molecule has 22 heavy (non-hydrogen) atoms. The first-order chi connectivity index (χ1) is 10.3. The van der Waals surface area contributed by atoms with Gasteiger partial charge in [-0.2, -0.15) is 0 Å². The number of sulfonamides is 1. The van der Waals surface area contributed by atoms with E-state index >= 15 is 0 Å². The molecule has 0 radical (unpaired) electrons. The highest BCUT2D eigenvalue weighted by Gasteiger charge is 2.18. The number of rotatable bonds is 6. The van der Waals surface area contributed by atoms with Crippen LogP contribution in [0.15, 0.2) is 29.2 Å². The van der Waals surface area contributed by atoms with Crippen LogP contribution in [0.2, 0.25) is 0 Å². The van der Waals surface area contributed by atoms with Crippen LogP contribution in [0.25, 0.3) is 0 Å². The number of nitrogens with one attached hydrogen (secondary N) is 2. The third kappa shape index (κ3) is 4.80. The van der Waals surface area contributed by atoms with E-state index in [4.69, 9.17) is 0 Å². The van der Waals surface area contributed by atoms with Crippen LogP contribution in [0.3, 0.4) is 0 Å². The summed E-state index contributed by atoms with van der Waals surface area (Å²) in [6.07, 6.45) is 3.51. The van der Waals surface area contributed by atoms with Crippen molar-refractivity contribution in [2.75, 3.05) is 26.2 Å². The third-order valence-corrected chi connectivity index (χ3v) is 5.82. The van der Waals surface area contributed by atoms with Crippen LogP contribution < -0.4 is 9.62 Å². The summed E-state index contributed by atoms with van der Waals surface area (Å²) >= 11 is 0. The second kappa shape index (κ2) is 7.11. The molecule has 0 aliphatic carbocycles. The Morgan fingerprint density at radius 2 is 1.68 bits per heavy atom. The van der Waals surface area contributed by atoms with E-state index in [-0.39, 0.29) is 5.41 Å². The van der Waals surface area contributed by atoms with Gasteiger partial charge in [-0.05, 0) is 23.1 Å². The average Bonchev–Trinajstić information content (AvgIpc) is 2.96. The Hall–Kier alpha value is -0.910. The van der Waals surface area contributed by atoms with Crippen molar-refractivity contribution in [3.8, 4) is 0 Å². The molecule has 1 heterocycles. The first-order valence-corrected chi connectivity index (χ1v) is 9.71. The largest absolute Gasteiger partial charge is 0.335 e. The van der Waals surface area contributed by atoms with Gasteiger partial charge in [0.05, 0.1) is 24.5 Å². The van der Waals surface area contributed by atoms with Gasteiger partial charge in [-0.25, -0.2) is 13.1 Å². The summed E-state index contributed by atoms with van der Waals surface area (Å²) in [6, 6.07) is 7.22. The third-order valence-electron chi connectivity index (χ3n) is 4.34. The van der Waals surface area contributed by atoms with Crippen molar-refractivity contribution in [3.63, 3.8) is 0 Å². The van der Waals surface area contributed by atoms with Gasteiger partial charge in [0, 0.05) is 25.8 Å². The maximum Gasteiger partial charge on any atom is 0.240 e. The maximum atomic E-state index is 12.3. The van der Waals surface area contributed by atoms with Crippen LogP contribution in [-0.2, 0) is 15.4 Å². The van der Waals surface area contributed by atoms with E-state index in [0.29, 0.717) is 11.4 Å². The molecular formula is C17H29N2O2S+. The zero-order valence-electron chi connectivity index (χ0n) is 14.0. The lowest BCUT2D eigenvalue weighted by atomic mass is 9.87. The van der Waals surface area contributed by atoms with Crippen LogP contribution in [0, 0.1) is 0 Å². The van der Waals surface area contributed by atoms with Crippen molar-refractivity contribution in [2.45, 2.75) is 50.3 Å². The van der Waals surface area contributed by atoms with Crippen LogP contribution >= 0.6 is 0 Å². The lowest BCUT2D eigenvalue weighted by molar-refractivity contribution is -0.887. The number of benzene rings is 1. The number of hydrogen-bond acceptors (Lipinski definition) is 2. The molecule has 0 aromatic heterocycles. The molecule has 0 unspecified atom stereocenters. The van der Waals surface area contributed by atoms with E-state index in [1.54, 1.807) is 17.0 Å². The molecule has 0 amide bonds. The highest BCUT2D eigenvalue weighted by atomic mass is 32.2. The Morgan fingerprint density at radius 1 is 1.09 bits per heavy atom. The van der Waals surface area contributed by atoms with Gasteiger partial charge in [-0.15, -0.1) is 0 Å². The van der Waals surface area contributed by atoms with Gasteiger partial charge in [-0.3, -0.25) is 0 Å². The molecule has 5 heteroatoms. The first-order valence-electron chi connectivity index (χ1n) is 8.23. The lowest BCUT2D eigenvalue weighted by Crippen LogP contribution is -3.10. The summed E-state index contributed by atoms with van der Waals surface area (Å²) in [6.45, 7) is 10.4.